The molecule has 0 aliphatic heterocycles. The Kier molecular flexibility index (Phi) is 63.7. The van der Waals surface area contributed by atoms with Crippen LogP contribution in [0.15, 0.2) is 72.9 Å². The summed E-state index contributed by atoms with van der Waals surface area (Å²) in [6.45, 7) is 6.50. The van der Waals surface area contributed by atoms with Crippen molar-refractivity contribution < 1.29 is 28.6 Å². The molecule has 78 heavy (non-hydrogen) atoms. The van der Waals surface area contributed by atoms with Crippen LogP contribution in [0.5, 0.6) is 0 Å². The zero-order chi connectivity index (χ0) is 56.4. The monoisotopic (exact) mass is 1090 g/mol. The number of esters is 3. The van der Waals surface area contributed by atoms with Gasteiger partial charge in [-0.2, -0.15) is 0 Å². The number of hydrogen-bond donors (Lipinski definition) is 0. The average Bonchev–Trinajstić information content (AvgIpc) is 3.44. The van der Waals surface area contributed by atoms with Crippen molar-refractivity contribution in [2.45, 2.75) is 354 Å². The van der Waals surface area contributed by atoms with Gasteiger partial charge < -0.3 is 14.2 Å². The average molecular weight is 1090 g/mol. The highest BCUT2D eigenvalue weighted by Gasteiger charge is 2.19. The number of hydrogen-bond acceptors (Lipinski definition) is 6. The van der Waals surface area contributed by atoms with Gasteiger partial charge in [-0.15, -0.1) is 0 Å². The molecular weight excluding hydrogens is 961 g/mol. The fraction of sp³-hybridized carbons (Fsp3) is 0.792. The van der Waals surface area contributed by atoms with Crippen molar-refractivity contribution >= 4 is 17.9 Å². The van der Waals surface area contributed by atoms with Gasteiger partial charge in [-0.25, -0.2) is 0 Å². The van der Waals surface area contributed by atoms with Gasteiger partial charge in [0.25, 0.3) is 0 Å². The molecule has 0 fully saturated rings. The molecule has 0 amide bonds. The Balaban J connectivity index is 4.27. The maximum Gasteiger partial charge on any atom is 0.306 e. The van der Waals surface area contributed by atoms with Crippen LogP contribution in [0.1, 0.15) is 348 Å². The van der Waals surface area contributed by atoms with Crippen LogP contribution in [-0.4, -0.2) is 37.2 Å². The molecule has 0 saturated heterocycles. The van der Waals surface area contributed by atoms with E-state index in [2.05, 4.69) is 93.7 Å². The van der Waals surface area contributed by atoms with Crippen LogP contribution in [0.2, 0.25) is 0 Å². The third-order valence-electron chi connectivity index (χ3n) is 14.9. The summed E-state index contributed by atoms with van der Waals surface area (Å²) in [6.07, 6.45) is 86.4. The molecule has 6 heteroatoms. The minimum Gasteiger partial charge on any atom is -0.462 e. The minimum atomic E-state index is -0.781. The largest absolute Gasteiger partial charge is 0.462 e. The van der Waals surface area contributed by atoms with Gasteiger partial charge in [0.05, 0.1) is 0 Å². The van der Waals surface area contributed by atoms with E-state index in [-0.39, 0.29) is 31.1 Å². The van der Waals surface area contributed by atoms with Gasteiger partial charge in [0.2, 0.25) is 0 Å². The van der Waals surface area contributed by atoms with Crippen molar-refractivity contribution in [1.29, 1.82) is 0 Å². The minimum absolute atomic E-state index is 0.0774. The van der Waals surface area contributed by atoms with Crippen LogP contribution in [0.4, 0.5) is 0 Å². The second-order valence-corrected chi connectivity index (χ2v) is 22.7. The highest BCUT2D eigenvalue weighted by atomic mass is 16.6. The molecule has 0 rings (SSSR count). The molecule has 0 radical (unpaired) electrons. The summed E-state index contributed by atoms with van der Waals surface area (Å²) < 4.78 is 17.0. The standard InChI is InChI=1S/C72H128O6/c1-4-7-10-13-16-19-22-25-27-29-31-33-35-36-37-39-40-42-44-47-50-53-56-59-62-65-71(74)77-68-69(67-76-70(73)64-61-58-55-52-49-46-24-21-18-15-12-9-6-3)78-72(75)66-63-60-57-54-51-48-45-43-41-38-34-32-30-28-26-23-20-17-14-11-8-5-2/h7,10,12,15-16,19,21,24-25,27,31,33,69H,4-6,8-9,11,13-14,17-18,20,22-23,26,28-30,32,34-68H2,1-3H3/b10-7-,15-12-,19-16-,24-21-,27-25-,33-31-. The first-order valence-corrected chi connectivity index (χ1v) is 33.9. The first-order valence-electron chi connectivity index (χ1n) is 33.9. The van der Waals surface area contributed by atoms with Gasteiger partial charge in [-0.05, 0) is 83.5 Å². The summed E-state index contributed by atoms with van der Waals surface area (Å²) in [5.74, 6) is -0.874. The molecule has 0 spiro atoms. The summed E-state index contributed by atoms with van der Waals surface area (Å²) >= 11 is 0. The summed E-state index contributed by atoms with van der Waals surface area (Å²) in [7, 11) is 0. The van der Waals surface area contributed by atoms with Gasteiger partial charge in [-0.1, -0.05) is 318 Å². The Morgan fingerprint density at radius 1 is 0.269 bits per heavy atom. The second-order valence-electron chi connectivity index (χ2n) is 22.7. The molecule has 0 aromatic rings. The molecule has 0 aromatic carbocycles. The first kappa shape index (κ1) is 74.8. The van der Waals surface area contributed by atoms with E-state index in [0.717, 1.165) is 109 Å². The lowest BCUT2D eigenvalue weighted by Crippen LogP contribution is -2.30. The van der Waals surface area contributed by atoms with Crippen molar-refractivity contribution in [3.05, 3.63) is 72.9 Å². The van der Waals surface area contributed by atoms with Crippen LogP contribution >= 0.6 is 0 Å². The predicted octanol–water partition coefficient (Wildman–Crippen LogP) is 23.3. The van der Waals surface area contributed by atoms with E-state index in [1.54, 1.807) is 0 Å². The lowest BCUT2D eigenvalue weighted by atomic mass is 10.0. The van der Waals surface area contributed by atoms with Crippen LogP contribution in [0, 0.1) is 0 Å². The van der Waals surface area contributed by atoms with E-state index >= 15 is 0 Å². The Bertz CT molecular complexity index is 1440. The van der Waals surface area contributed by atoms with Crippen molar-refractivity contribution in [2.75, 3.05) is 13.2 Å². The number of ether oxygens (including phenoxy) is 3. The molecular formula is C72H128O6. The molecule has 452 valence electrons. The van der Waals surface area contributed by atoms with E-state index < -0.39 is 6.10 Å². The molecule has 0 N–H and O–H groups in total. The Hall–Kier alpha value is -3.15. The topological polar surface area (TPSA) is 78.9 Å². The van der Waals surface area contributed by atoms with E-state index in [0.29, 0.717) is 19.3 Å². The maximum atomic E-state index is 12.9. The van der Waals surface area contributed by atoms with Gasteiger partial charge in [0.15, 0.2) is 6.10 Å². The fourth-order valence-corrected chi connectivity index (χ4v) is 9.89. The molecule has 0 aliphatic carbocycles. The molecule has 1 atom stereocenters. The fourth-order valence-electron chi connectivity index (χ4n) is 9.89. The Morgan fingerprint density at radius 3 is 0.833 bits per heavy atom. The molecule has 0 aliphatic rings. The third kappa shape index (κ3) is 63.7. The lowest BCUT2D eigenvalue weighted by molar-refractivity contribution is -0.167. The molecule has 0 heterocycles. The number of carbonyl (C=O) groups excluding carboxylic acids is 3. The van der Waals surface area contributed by atoms with E-state index in [1.165, 1.54) is 199 Å². The number of allylic oxidation sites excluding steroid dienone is 12. The Labute approximate surface area is 484 Å². The maximum absolute atomic E-state index is 12.9. The predicted molar refractivity (Wildman–Crippen MR) is 339 cm³/mol. The van der Waals surface area contributed by atoms with Crippen molar-refractivity contribution in [3.8, 4) is 0 Å². The van der Waals surface area contributed by atoms with Gasteiger partial charge in [0, 0.05) is 19.3 Å². The summed E-state index contributed by atoms with van der Waals surface area (Å²) in [6, 6.07) is 0. The van der Waals surface area contributed by atoms with Gasteiger partial charge in [-0.3, -0.25) is 14.4 Å². The van der Waals surface area contributed by atoms with Crippen molar-refractivity contribution in [3.63, 3.8) is 0 Å². The van der Waals surface area contributed by atoms with E-state index in [9.17, 15) is 14.4 Å². The lowest BCUT2D eigenvalue weighted by Gasteiger charge is -2.18. The van der Waals surface area contributed by atoms with Gasteiger partial charge in [0.1, 0.15) is 13.2 Å². The zero-order valence-corrected chi connectivity index (χ0v) is 51.9. The number of unbranched alkanes of at least 4 members (excludes halogenated alkanes) is 39. The first-order chi connectivity index (χ1) is 38.5. The molecule has 0 bridgehead atoms. The quantitative estimate of drug-likeness (QED) is 0.0261. The third-order valence-corrected chi connectivity index (χ3v) is 14.9. The number of carbonyl (C=O) groups is 3. The van der Waals surface area contributed by atoms with Crippen molar-refractivity contribution in [2.24, 2.45) is 0 Å². The molecule has 1 unspecified atom stereocenters. The SMILES string of the molecule is CC/C=C\C/C=C\C/C=C\C/C=C\CCCCCCCCCCCCCCC(=O)OCC(COC(=O)CCCCCCC/C=C\C/C=C\CCC)OC(=O)CCCCCCCCCCCCCCCCCCCCCCCC. The second kappa shape index (κ2) is 66.4. The molecule has 0 aromatic heterocycles. The van der Waals surface area contributed by atoms with Crippen LogP contribution < -0.4 is 0 Å². The zero-order valence-electron chi connectivity index (χ0n) is 51.9. The van der Waals surface area contributed by atoms with E-state index in [1.807, 2.05) is 0 Å². The van der Waals surface area contributed by atoms with E-state index in [4.69, 9.17) is 14.2 Å². The smallest absolute Gasteiger partial charge is 0.306 e. The molecule has 6 nitrogen and oxygen atoms in total. The van der Waals surface area contributed by atoms with Crippen molar-refractivity contribution in [1.82, 2.24) is 0 Å². The normalized spacial score (nSPS) is 12.5. The summed E-state index contributed by atoms with van der Waals surface area (Å²) in [4.78, 5) is 38.4. The highest BCUT2D eigenvalue weighted by molar-refractivity contribution is 5.71. The highest BCUT2D eigenvalue weighted by Crippen LogP contribution is 2.18. The Morgan fingerprint density at radius 2 is 0.526 bits per heavy atom. The van der Waals surface area contributed by atoms with Crippen LogP contribution in [-0.2, 0) is 28.6 Å². The molecule has 0 saturated carbocycles. The summed E-state index contributed by atoms with van der Waals surface area (Å²) in [5, 5.41) is 0. The van der Waals surface area contributed by atoms with Gasteiger partial charge >= 0.3 is 17.9 Å². The number of rotatable bonds is 62. The van der Waals surface area contributed by atoms with Crippen LogP contribution in [0.25, 0.3) is 0 Å². The summed E-state index contributed by atoms with van der Waals surface area (Å²) in [5.41, 5.74) is 0. The van der Waals surface area contributed by atoms with Crippen LogP contribution in [0.3, 0.4) is 0 Å².